The van der Waals surface area contributed by atoms with Crippen LogP contribution in [0.3, 0.4) is 0 Å². The molecular formula is C19H32. The van der Waals surface area contributed by atoms with Gasteiger partial charge < -0.3 is 0 Å². The Balaban J connectivity index is 1.65. The summed E-state index contributed by atoms with van der Waals surface area (Å²) >= 11 is 0. The van der Waals surface area contributed by atoms with Crippen LogP contribution in [0.4, 0.5) is 0 Å². The lowest BCUT2D eigenvalue weighted by atomic mass is 9.46. The smallest absolute Gasteiger partial charge is 0.0321 e. The average Bonchev–Trinajstić information content (AvgIpc) is 2.44. The zero-order valence-corrected chi connectivity index (χ0v) is 13.0. The standard InChI is InChI=1S/C19H32/c1-12(2)16-10-8-15-7-6-13-4-3-5-14-9-11-17(16)19(15)18(13)14/h12-19H,3-11H2,1-2H3. The maximum atomic E-state index is 2.50. The van der Waals surface area contributed by atoms with Gasteiger partial charge in [0.2, 0.25) is 0 Å². The van der Waals surface area contributed by atoms with Crippen LogP contribution in [0, 0.1) is 47.3 Å². The van der Waals surface area contributed by atoms with Crippen molar-refractivity contribution in [1.29, 1.82) is 0 Å². The molecule has 0 nitrogen and oxygen atoms in total. The van der Waals surface area contributed by atoms with E-state index < -0.39 is 0 Å². The molecule has 19 heavy (non-hydrogen) atoms. The maximum Gasteiger partial charge on any atom is -0.0321 e. The number of hydrogen-bond acceptors (Lipinski definition) is 0. The summed E-state index contributed by atoms with van der Waals surface area (Å²) in [6, 6.07) is 0. The Kier molecular flexibility index (Phi) is 3.20. The predicted octanol–water partition coefficient (Wildman–Crippen LogP) is 5.52. The first-order valence-electron chi connectivity index (χ1n) is 9.25. The van der Waals surface area contributed by atoms with Crippen molar-refractivity contribution in [2.45, 2.75) is 71.6 Å². The molecule has 0 radical (unpaired) electrons. The molecule has 0 heterocycles. The van der Waals surface area contributed by atoms with Gasteiger partial charge in [0.05, 0.1) is 0 Å². The van der Waals surface area contributed by atoms with E-state index in [1.54, 1.807) is 57.8 Å². The van der Waals surface area contributed by atoms with Gasteiger partial charge in [-0.25, -0.2) is 0 Å². The fourth-order valence-electron chi connectivity index (χ4n) is 7.17. The molecule has 4 rings (SSSR count). The highest BCUT2D eigenvalue weighted by atomic mass is 14.6. The molecule has 0 spiro atoms. The second kappa shape index (κ2) is 4.78. The summed E-state index contributed by atoms with van der Waals surface area (Å²) in [4.78, 5) is 0. The van der Waals surface area contributed by atoms with Crippen LogP contribution in [0.2, 0.25) is 0 Å². The van der Waals surface area contributed by atoms with Gasteiger partial charge in [0.25, 0.3) is 0 Å². The fraction of sp³-hybridized carbons (Fsp3) is 1.00. The second-order valence-corrected chi connectivity index (χ2v) is 8.67. The summed E-state index contributed by atoms with van der Waals surface area (Å²) in [5.41, 5.74) is 0. The molecule has 108 valence electrons. The molecule has 0 aliphatic heterocycles. The molecule has 7 unspecified atom stereocenters. The van der Waals surface area contributed by atoms with E-state index in [4.69, 9.17) is 0 Å². The molecule has 0 N–H and O–H groups in total. The van der Waals surface area contributed by atoms with E-state index in [0.717, 1.165) is 35.5 Å². The molecule has 0 aromatic carbocycles. The van der Waals surface area contributed by atoms with Crippen molar-refractivity contribution in [3.63, 3.8) is 0 Å². The van der Waals surface area contributed by atoms with E-state index in [0.29, 0.717) is 0 Å². The summed E-state index contributed by atoms with van der Waals surface area (Å²) in [6.45, 7) is 5.00. The van der Waals surface area contributed by atoms with Crippen LogP contribution in [-0.4, -0.2) is 0 Å². The van der Waals surface area contributed by atoms with Crippen molar-refractivity contribution in [3.05, 3.63) is 0 Å². The van der Waals surface area contributed by atoms with Crippen molar-refractivity contribution < 1.29 is 0 Å². The highest BCUT2D eigenvalue weighted by Crippen LogP contribution is 2.61. The average molecular weight is 260 g/mol. The lowest BCUT2D eigenvalue weighted by Gasteiger charge is -2.59. The Hall–Kier alpha value is 0. The molecule has 0 aromatic heterocycles. The van der Waals surface area contributed by atoms with E-state index in [1.807, 2.05) is 0 Å². The lowest BCUT2D eigenvalue weighted by Crippen LogP contribution is -2.52. The largest absolute Gasteiger partial charge is 0.0625 e. The molecular weight excluding hydrogens is 228 g/mol. The fourth-order valence-corrected chi connectivity index (χ4v) is 7.17. The third kappa shape index (κ3) is 1.92. The van der Waals surface area contributed by atoms with E-state index >= 15 is 0 Å². The monoisotopic (exact) mass is 260 g/mol. The van der Waals surface area contributed by atoms with Gasteiger partial charge in [-0.15, -0.1) is 0 Å². The van der Waals surface area contributed by atoms with Crippen molar-refractivity contribution in [2.24, 2.45) is 47.3 Å². The van der Waals surface area contributed by atoms with Crippen molar-refractivity contribution >= 4 is 0 Å². The first-order valence-corrected chi connectivity index (χ1v) is 9.25. The van der Waals surface area contributed by atoms with Crippen LogP contribution >= 0.6 is 0 Å². The van der Waals surface area contributed by atoms with Gasteiger partial charge >= 0.3 is 0 Å². The van der Waals surface area contributed by atoms with E-state index in [9.17, 15) is 0 Å². The van der Waals surface area contributed by atoms with Gasteiger partial charge in [-0.1, -0.05) is 33.1 Å². The second-order valence-electron chi connectivity index (χ2n) is 8.67. The molecule has 0 bridgehead atoms. The van der Waals surface area contributed by atoms with Crippen molar-refractivity contribution in [1.82, 2.24) is 0 Å². The Morgan fingerprint density at radius 1 is 0.632 bits per heavy atom. The van der Waals surface area contributed by atoms with Crippen LogP contribution in [0.15, 0.2) is 0 Å². The Morgan fingerprint density at radius 2 is 1.21 bits per heavy atom. The third-order valence-corrected chi connectivity index (χ3v) is 7.78. The minimum atomic E-state index is 0.937. The topological polar surface area (TPSA) is 0 Å². The van der Waals surface area contributed by atoms with E-state index in [1.165, 1.54) is 11.8 Å². The van der Waals surface area contributed by atoms with Crippen LogP contribution in [-0.2, 0) is 0 Å². The van der Waals surface area contributed by atoms with Crippen LogP contribution in [0.1, 0.15) is 71.6 Å². The van der Waals surface area contributed by atoms with E-state index in [2.05, 4.69) is 13.8 Å². The highest BCUT2D eigenvalue weighted by molar-refractivity contribution is 5.02. The first kappa shape index (κ1) is 12.7. The summed E-state index contributed by atoms with van der Waals surface area (Å²) in [7, 11) is 0. The summed E-state index contributed by atoms with van der Waals surface area (Å²) in [5, 5.41) is 0. The molecule has 4 saturated carbocycles. The quantitative estimate of drug-likeness (QED) is 0.582. The number of rotatable bonds is 1. The summed E-state index contributed by atoms with van der Waals surface area (Å²) < 4.78 is 0. The van der Waals surface area contributed by atoms with Gasteiger partial charge in [-0.2, -0.15) is 0 Å². The van der Waals surface area contributed by atoms with Gasteiger partial charge in [0.15, 0.2) is 0 Å². The minimum Gasteiger partial charge on any atom is -0.0625 e. The Bertz CT molecular complexity index is 325. The normalized spacial score (nSPS) is 52.9. The van der Waals surface area contributed by atoms with Gasteiger partial charge in [0.1, 0.15) is 0 Å². The lowest BCUT2D eigenvalue weighted by molar-refractivity contribution is -0.104. The minimum absolute atomic E-state index is 0.937. The zero-order valence-electron chi connectivity index (χ0n) is 13.0. The van der Waals surface area contributed by atoms with Crippen molar-refractivity contribution in [2.75, 3.05) is 0 Å². The summed E-state index contributed by atoms with van der Waals surface area (Å²) in [6.07, 6.45) is 14.3. The molecule has 4 aliphatic carbocycles. The van der Waals surface area contributed by atoms with Crippen molar-refractivity contribution in [3.8, 4) is 0 Å². The first-order chi connectivity index (χ1) is 9.25. The third-order valence-electron chi connectivity index (χ3n) is 7.78. The summed E-state index contributed by atoms with van der Waals surface area (Å²) in [5.74, 6) is 8.91. The molecule has 0 amide bonds. The Morgan fingerprint density at radius 3 is 1.89 bits per heavy atom. The SMILES string of the molecule is CC(C)C1CCC2CCC3CCCC4CCC1C2C34. The van der Waals surface area contributed by atoms with Crippen LogP contribution < -0.4 is 0 Å². The van der Waals surface area contributed by atoms with Gasteiger partial charge in [0, 0.05) is 0 Å². The molecule has 0 aromatic rings. The van der Waals surface area contributed by atoms with E-state index in [-0.39, 0.29) is 0 Å². The van der Waals surface area contributed by atoms with Crippen LogP contribution in [0.25, 0.3) is 0 Å². The Labute approximate surface area is 119 Å². The number of hydrogen-bond donors (Lipinski definition) is 0. The van der Waals surface area contributed by atoms with Gasteiger partial charge in [-0.05, 0) is 85.9 Å². The molecule has 0 saturated heterocycles. The predicted molar refractivity (Wildman–Crippen MR) is 80.8 cm³/mol. The van der Waals surface area contributed by atoms with Gasteiger partial charge in [-0.3, -0.25) is 0 Å². The molecule has 0 heteroatoms. The zero-order chi connectivity index (χ0) is 13.0. The molecule has 4 fully saturated rings. The highest BCUT2D eigenvalue weighted by Gasteiger charge is 2.53. The van der Waals surface area contributed by atoms with Crippen LogP contribution in [0.5, 0.6) is 0 Å². The molecule has 7 atom stereocenters. The maximum absolute atomic E-state index is 2.50. The molecule has 4 aliphatic rings.